The number of aromatic nitrogens is 4. The topological polar surface area (TPSA) is 366 Å². The number of H-pyrrole nitrogens is 2. The molecular formula is C64H95N9O13. The molecule has 6 saturated carbocycles. The Labute approximate surface area is 503 Å². The Kier molecular flexibility index (Phi) is 15.2. The smallest absolute Gasteiger partial charge is 0.310 e. The first-order chi connectivity index (χ1) is 41.0. The summed E-state index contributed by atoms with van der Waals surface area (Å²) >= 11 is 0. The van der Waals surface area contributed by atoms with Crippen molar-refractivity contribution >= 4 is 17.7 Å². The van der Waals surface area contributed by atoms with Crippen LogP contribution in [0.3, 0.4) is 0 Å². The van der Waals surface area contributed by atoms with E-state index >= 15 is 4.79 Å². The van der Waals surface area contributed by atoms with Crippen LogP contribution in [0.1, 0.15) is 122 Å². The van der Waals surface area contributed by atoms with E-state index in [1.165, 1.54) is 6.33 Å². The normalized spacial score (nSPS) is 48.4. The zero-order chi connectivity index (χ0) is 60.9. The number of hydrogen-bond donors (Lipinski definition) is 16. The number of carboxylic acid groups (broad SMARTS) is 1. The van der Waals surface area contributed by atoms with Gasteiger partial charge in [0.1, 0.15) is 30.4 Å². The van der Waals surface area contributed by atoms with Crippen molar-refractivity contribution in [1.82, 2.24) is 35.9 Å². The molecule has 5 heterocycles. The van der Waals surface area contributed by atoms with Crippen LogP contribution in [0, 0.1) is 108 Å². The van der Waals surface area contributed by atoms with Gasteiger partial charge in [0.15, 0.2) is 6.29 Å². The van der Waals surface area contributed by atoms with E-state index in [-0.39, 0.29) is 43.9 Å². The fourth-order valence-electron chi connectivity index (χ4n) is 23.2. The summed E-state index contributed by atoms with van der Waals surface area (Å²) in [5.74, 6) is 1.85. The molecule has 0 radical (unpaired) electrons. The van der Waals surface area contributed by atoms with Crippen molar-refractivity contribution in [2.24, 2.45) is 102 Å². The number of amides is 1. The highest BCUT2D eigenvalue weighted by atomic mass is 16.7. The second-order valence-electron chi connectivity index (χ2n) is 29.9. The number of aliphatic hydroxyl groups excluding tert-OH is 8. The largest absolute Gasteiger partial charge is 0.481 e. The van der Waals surface area contributed by atoms with E-state index in [2.05, 4.69) is 74.9 Å². The van der Waals surface area contributed by atoms with Gasteiger partial charge in [0.2, 0.25) is 5.91 Å². The second-order valence-corrected chi connectivity index (χ2v) is 29.9. The molecule has 2 aromatic heterocycles. The summed E-state index contributed by atoms with van der Waals surface area (Å²) in [6.45, 7) is 9.59. The minimum atomic E-state index is -1.72. The number of aromatic amines is 2. The number of fused-ring (bicyclic) bond motifs is 5. The summed E-state index contributed by atoms with van der Waals surface area (Å²) in [5.41, 5.74) is 1.61. The van der Waals surface area contributed by atoms with E-state index in [0.29, 0.717) is 89.5 Å². The summed E-state index contributed by atoms with van der Waals surface area (Å²) in [6, 6.07) is -0.838. The van der Waals surface area contributed by atoms with Gasteiger partial charge < -0.3 is 92.4 Å². The Balaban J connectivity index is 1.07. The summed E-state index contributed by atoms with van der Waals surface area (Å²) in [6.07, 6.45) is 2.68. The first kappa shape index (κ1) is 60.8. The van der Waals surface area contributed by atoms with Gasteiger partial charge in [-0.3, -0.25) is 9.59 Å². The van der Waals surface area contributed by atoms with E-state index in [1.54, 1.807) is 12.5 Å². The Morgan fingerprint density at radius 2 is 1.72 bits per heavy atom. The molecule has 474 valence electrons. The highest BCUT2D eigenvalue weighted by Gasteiger charge is 2.84. The molecule has 3 spiro atoms. The van der Waals surface area contributed by atoms with Gasteiger partial charge >= 0.3 is 5.97 Å². The molecule has 1 amide bonds. The molecule has 27 unspecified atom stereocenters. The van der Waals surface area contributed by atoms with E-state index < -0.39 is 158 Å². The highest BCUT2D eigenvalue weighted by Crippen LogP contribution is 2.87. The number of nitrogens with zero attached hydrogens (tertiary/aromatic N) is 2. The number of nitrogens with one attached hydrogen (secondary N) is 6. The van der Waals surface area contributed by atoms with Crippen LogP contribution in [0.2, 0.25) is 0 Å². The van der Waals surface area contributed by atoms with Crippen molar-refractivity contribution in [3.63, 3.8) is 0 Å². The average Bonchev–Trinajstić information content (AvgIpc) is 0.656. The number of ether oxygens (including phenoxy) is 2. The first-order valence-electron chi connectivity index (χ1n) is 32.2. The van der Waals surface area contributed by atoms with Gasteiger partial charge in [-0.2, -0.15) is 0 Å². The van der Waals surface area contributed by atoms with Crippen molar-refractivity contribution in [3.8, 4) is 11.8 Å². The Bertz CT molecular complexity index is 2990. The monoisotopic (exact) mass is 1200 g/mol. The lowest BCUT2D eigenvalue weighted by Crippen LogP contribution is -2.80. The Hall–Kier alpha value is -4.06. The number of imidazole rings is 2. The third-order valence-electron chi connectivity index (χ3n) is 27.0. The van der Waals surface area contributed by atoms with Gasteiger partial charge in [-0.25, -0.2) is 9.97 Å². The van der Waals surface area contributed by atoms with Crippen LogP contribution in [0.15, 0.2) is 30.5 Å². The number of nitrogens with two attached hydrogens (primary N) is 1. The summed E-state index contributed by atoms with van der Waals surface area (Å²) < 4.78 is 13.0. The molecule has 13 rings (SSSR count). The standard InChI is InChI=1S/C64H95N9O13/c1-57(28-74)16-17-62(56(83)84)39(23-57)35-20-33-10-9-32-8-6-12-61(32)37(46(73-55(61)82)45(42-26-68-30-70-42)47(77)34(52(65)81)24-67-19-18-66-5)21-38-48(78)51(86-54-50(80)49(79)43(76)27-85-54)58(2,29-75)44-11-15-59(3)63(35,13-7-14-64(33,59)60(38,44)4)36-22-41-53(72-31-71-41)69-25-40(36)62/h20,26,30-34,36-40,43-52,54,66-67,69,74-81H,6-8,11-19,21-25,27-29,65H2,1-5H3,(H,68,70)(H,71,72)(H,73,82)(H,83,84). The van der Waals surface area contributed by atoms with E-state index in [0.717, 1.165) is 29.9 Å². The molecule has 22 nitrogen and oxygen atoms in total. The summed E-state index contributed by atoms with van der Waals surface area (Å²) in [4.78, 5) is 46.8. The Morgan fingerprint density at radius 1 is 0.919 bits per heavy atom. The van der Waals surface area contributed by atoms with Crippen molar-refractivity contribution in [2.45, 2.75) is 172 Å². The first-order valence-corrected chi connectivity index (χ1v) is 32.2. The van der Waals surface area contributed by atoms with Crippen LogP contribution in [0.4, 0.5) is 5.82 Å². The molecular weight excluding hydrogens is 1100 g/mol. The predicted octanol–water partition coefficient (Wildman–Crippen LogP) is 1.32. The lowest BCUT2D eigenvalue weighted by molar-refractivity contribution is -0.366. The average molecular weight is 1200 g/mol. The van der Waals surface area contributed by atoms with E-state index in [1.807, 2.05) is 14.0 Å². The van der Waals surface area contributed by atoms with Crippen molar-refractivity contribution in [3.05, 3.63) is 41.9 Å². The number of carbonyl (C=O) groups excluding carboxylic acids is 1. The maximum absolute atomic E-state index is 15.9. The van der Waals surface area contributed by atoms with Gasteiger partial charge in [-0.05, 0) is 135 Å². The molecule has 86 heavy (non-hydrogen) atoms. The number of anilines is 1. The van der Waals surface area contributed by atoms with Gasteiger partial charge in [-0.1, -0.05) is 64.0 Å². The van der Waals surface area contributed by atoms with Gasteiger partial charge in [-0.15, -0.1) is 0 Å². The fourth-order valence-corrected chi connectivity index (χ4v) is 23.2. The van der Waals surface area contributed by atoms with Crippen molar-refractivity contribution in [2.75, 3.05) is 58.4 Å². The van der Waals surface area contributed by atoms with Crippen LogP contribution in [0.25, 0.3) is 0 Å². The second kappa shape index (κ2) is 21.5. The Morgan fingerprint density at radius 3 is 2.44 bits per heavy atom. The maximum atomic E-state index is 15.9. The van der Waals surface area contributed by atoms with Crippen LogP contribution in [-0.4, -0.2) is 186 Å². The predicted molar refractivity (Wildman–Crippen MR) is 312 cm³/mol. The SMILES string of the molecule is CNCCNCC(C(N)O)C(O)C(c1cnc[nH]1)C1NC(=O)C23CCCC2C#CC2C=C4C5CC(C)(CO)CCC5(C(=O)O)C5CNc6nc[nH]c6CC5C45CCCC24C2(C)C(CC13)C(O)C(OC1OCC(O)C(O)C1O)C(C)(CO)C2CCC54C. The third kappa shape index (κ3) is 7.97. The molecule has 8 fully saturated rings. The van der Waals surface area contributed by atoms with Gasteiger partial charge in [0.05, 0.1) is 60.7 Å². The third-order valence-corrected chi connectivity index (χ3v) is 27.0. The molecule has 11 aliphatic rings. The van der Waals surface area contributed by atoms with Crippen molar-refractivity contribution in [1.29, 1.82) is 0 Å². The number of likely N-dealkylation sites (N-methyl/N-ethyl adjacent to an activating group) is 1. The fraction of sp³-hybridized carbons (Fsp3) is 0.812. The lowest BCUT2D eigenvalue weighted by atomic mass is 9.21. The molecule has 3 aliphatic heterocycles. The number of rotatable bonds is 15. The van der Waals surface area contributed by atoms with E-state index in [4.69, 9.17) is 20.2 Å². The number of carbonyl (C=O) groups is 2. The molecule has 0 aromatic carbocycles. The quantitative estimate of drug-likeness (QED) is 0.0393. The molecule has 2 saturated heterocycles. The molecule has 2 bridgehead atoms. The zero-order valence-electron chi connectivity index (χ0n) is 50.6. The summed E-state index contributed by atoms with van der Waals surface area (Å²) in [7, 11) is 1.83. The molecule has 2 aromatic rings. The lowest BCUT2D eigenvalue weighted by Gasteiger charge is -2.83. The molecule has 27 atom stereocenters. The molecule has 8 aliphatic carbocycles. The van der Waals surface area contributed by atoms with Crippen LogP contribution < -0.4 is 27.0 Å². The van der Waals surface area contributed by atoms with Gasteiger partial charge in [0.25, 0.3) is 0 Å². The van der Waals surface area contributed by atoms with E-state index in [9.17, 15) is 50.8 Å². The highest BCUT2D eigenvalue weighted by molar-refractivity contribution is 5.87. The number of carboxylic acids is 1. The number of allylic oxidation sites excluding steroid dienone is 2. The number of hydrogen-bond acceptors (Lipinski definition) is 18. The van der Waals surface area contributed by atoms with Crippen molar-refractivity contribution < 1.29 is 65.0 Å². The molecule has 17 N–H and O–H groups in total. The van der Waals surface area contributed by atoms with Crippen LogP contribution in [0.5, 0.6) is 0 Å². The maximum Gasteiger partial charge on any atom is 0.310 e. The summed E-state index contributed by atoms with van der Waals surface area (Å²) in [5, 5.41) is 122. The van der Waals surface area contributed by atoms with Crippen LogP contribution >= 0.6 is 0 Å². The molecule has 22 heteroatoms. The number of aliphatic carboxylic acids is 1. The minimum absolute atomic E-state index is 0.0945. The van der Waals surface area contributed by atoms with Crippen LogP contribution in [-0.2, 0) is 25.5 Å². The minimum Gasteiger partial charge on any atom is -0.481 e. The van der Waals surface area contributed by atoms with Gasteiger partial charge in [0, 0.05) is 85.2 Å². The number of aliphatic hydroxyl groups is 8. The zero-order valence-corrected chi connectivity index (χ0v) is 50.6.